The number of aryl methyl sites for hydroxylation is 1. The molecule has 2 nitrogen and oxygen atoms in total. The Morgan fingerprint density at radius 1 is 1.00 bits per heavy atom. The van der Waals surface area contributed by atoms with Crippen LogP contribution in [0.15, 0.2) is 42.5 Å². The lowest BCUT2D eigenvalue weighted by Crippen LogP contribution is -2.05. The van der Waals surface area contributed by atoms with E-state index in [0.717, 1.165) is 28.2 Å². The standard InChI is InChI=1S/C18H21ClO2/c1-12(2)21-15-8-6-14(7-9-15)18(19)16-11-13(3)5-10-17(16)20-4/h5-12,18H,1-4H3. The van der Waals surface area contributed by atoms with Gasteiger partial charge in [0.2, 0.25) is 0 Å². The Kier molecular flexibility index (Phi) is 5.13. The van der Waals surface area contributed by atoms with Crippen molar-refractivity contribution in [1.29, 1.82) is 0 Å². The molecule has 2 aromatic rings. The highest BCUT2D eigenvalue weighted by atomic mass is 35.5. The zero-order chi connectivity index (χ0) is 15.4. The molecular weight excluding hydrogens is 284 g/mol. The van der Waals surface area contributed by atoms with Crippen molar-refractivity contribution in [3.05, 3.63) is 59.2 Å². The van der Waals surface area contributed by atoms with E-state index >= 15 is 0 Å². The highest BCUT2D eigenvalue weighted by Crippen LogP contribution is 2.36. The minimum Gasteiger partial charge on any atom is -0.496 e. The van der Waals surface area contributed by atoms with Gasteiger partial charge in [0.15, 0.2) is 0 Å². The third-order valence-electron chi connectivity index (χ3n) is 3.20. The van der Waals surface area contributed by atoms with Gasteiger partial charge in [0.1, 0.15) is 11.5 Å². The molecule has 0 bridgehead atoms. The Morgan fingerprint density at radius 2 is 1.67 bits per heavy atom. The van der Waals surface area contributed by atoms with Crippen molar-refractivity contribution >= 4 is 11.6 Å². The van der Waals surface area contributed by atoms with Crippen LogP contribution in [0.2, 0.25) is 0 Å². The number of ether oxygens (including phenoxy) is 2. The fraction of sp³-hybridized carbons (Fsp3) is 0.333. The maximum Gasteiger partial charge on any atom is 0.123 e. The van der Waals surface area contributed by atoms with Gasteiger partial charge in [-0.05, 0) is 44.5 Å². The van der Waals surface area contributed by atoms with E-state index in [1.807, 2.05) is 57.2 Å². The van der Waals surface area contributed by atoms with Crippen molar-refractivity contribution in [1.82, 2.24) is 0 Å². The maximum absolute atomic E-state index is 6.62. The molecule has 0 radical (unpaired) electrons. The van der Waals surface area contributed by atoms with Crippen LogP contribution in [0.3, 0.4) is 0 Å². The van der Waals surface area contributed by atoms with Gasteiger partial charge in [-0.3, -0.25) is 0 Å². The third kappa shape index (κ3) is 3.92. The first kappa shape index (κ1) is 15.7. The summed E-state index contributed by atoms with van der Waals surface area (Å²) in [4.78, 5) is 0. The minimum atomic E-state index is -0.243. The second-order valence-electron chi connectivity index (χ2n) is 5.34. The number of rotatable bonds is 5. The quantitative estimate of drug-likeness (QED) is 0.714. The summed E-state index contributed by atoms with van der Waals surface area (Å²) in [6, 6.07) is 13.9. The van der Waals surface area contributed by atoms with Gasteiger partial charge >= 0.3 is 0 Å². The van der Waals surface area contributed by atoms with Crippen LogP contribution in [0.5, 0.6) is 11.5 Å². The smallest absolute Gasteiger partial charge is 0.123 e. The molecule has 0 saturated carbocycles. The first-order chi connectivity index (χ1) is 10.0. The SMILES string of the molecule is COc1ccc(C)cc1C(Cl)c1ccc(OC(C)C)cc1. The summed E-state index contributed by atoms with van der Waals surface area (Å²) in [5.74, 6) is 1.66. The molecule has 1 atom stereocenters. The first-order valence-electron chi connectivity index (χ1n) is 7.06. The van der Waals surface area contributed by atoms with Crippen LogP contribution in [0.4, 0.5) is 0 Å². The molecule has 0 amide bonds. The Morgan fingerprint density at radius 3 is 2.24 bits per heavy atom. The molecular formula is C18H21ClO2. The van der Waals surface area contributed by atoms with Crippen molar-refractivity contribution in [3.8, 4) is 11.5 Å². The van der Waals surface area contributed by atoms with E-state index in [-0.39, 0.29) is 11.5 Å². The van der Waals surface area contributed by atoms with Crippen LogP contribution in [0, 0.1) is 6.92 Å². The molecule has 0 N–H and O–H groups in total. The van der Waals surface area contributed by atoms with Crippen molar-refractivity contribution < 1.29 is 9.47 Å². The molecule has 2 rings (SSSR count). The van der Waals surface area contributed by atoms with E-state index in [2.05, 4.69) is 6.07 Å². The van der Waals surface area contributed by atoms with E-state index in [0.29, 0.717) is 0 Å². The topological polar surface area (TPSA) is 18.5 Å². The Labute approximate surface area is 131 Å². The predicted octanol–water partition coefficient (Wildman–Crippen LogP) is 5.12. The first-order valence-corrected chi connectivity index (χ1v) is 7.50. The number of hydrogen-bond donors (Lipinski definition) is 0. The van der Waals surface area contributed by atoms with E-state index in [4.69, 9.17) is 21.1 Å². The monoisotopic (exact) mass is 304 g/mol. The normalized spacial score (nSPS) is 12.3. The Balaban J connectivity index is 2.27. The lowest BCUT2D eigenvalue weighted by atomic mass is 10.0. The molecule has 0 aliphatic rings. The van der Waals surface area contributed by atoms with Gasteiger partial charge in [0, 0.05) is 5.56 Å². The zero-order valence-electron chi connectivity index (χ0n) is 12.9. The molecule has 112 valence electrons. The lowest BCUT2D eigenvalue weighted by molar-refractivity contribution is 0.242. The van der Waals surface area contributed by atoms with Crippen LogP contribution < -0.4 is 9.47 Å². The van der Waals surface area contributed by atoms with Crippen LogP contribution in [-0.2, 0) is 0 Å². The van der Waals surface area contributed by atoms with Crippen LogP contribution in [0.1, 0.15) is 35.9 Å². The molecule has 0 aliphatic heterocycles. The number of hydrogen-bond acceptors (Lipinski definition) is 2. The molecule has 0 aliphatic carbocycles. The third-order valence-corrected chi connectivity index (χ3v) is 3.69. The summed E-state index contributed by atoms with van der Waals surface area (Å²) in [6.45, 7) is 6.07. The van der Waals surface area contributed by atoms with Gasteiger partial charge in [0.05, 0.1) is 18.6 Å². The van der Waals surface area contributed by atoms with Gasteiger partial charge in [-0.2, -0.15) is 0 Å². The van der Waals surface area contributed by atoms with Crippen molar-refractivity contribution in [2.24, 2.45) is 0 Å². The molecule has 2 aromatic carbocycles. The minimum absolute atomic E-state index is 0.166. The van der Waals surface area contributed by atoms with Crippen LogP contribution in [0.25, 0.3) is 0 Å². The summed E-state index contributed by atoms with van der Waals surface area (Å²) in [5, 5.41) is -0.243. The maximum atomic E-state index is 6.62. The fourth-order valence-electron chi connectivity index (χ4n) is 2.22. The van der Waals surface area contributed by atoms with Gasteiger partial charge in [0.25, 0.3) is 0 Å². The zero-order valence-corrected chi connectivity index (χ0v) is 13.6. The second-order valence-corrected chi connectivity index (χ2v) is 5.78. The number of methoxy groups -OCH3 is 1. The summed E-state index contributed by atoms with van der Waals surface area (Å²) >= 11 is 6.62. The molecule has 3 heteroatoms. The summed E-state index contributed by atoms with van der Waals surface area (Å²) in [7, 11) is 1.66. The van der Waals surface area contributed by atoms with E-state index < -0.39 is 0 Å². The van der Waals surface area contributed by atoms with E-state index in [1.54, 1.807) is 7.11 Å². The summed E-state index contributed by atoms with van der Waals surface area (Å²) < 4.78 is 11.1. The molecule has 0 spiro atoms. The Bertz CT molecular complexity index is 591. The van der Waals surface area contributed by atoms with Crippen molar-refractivity contribution in [2.45, 2.75) is 32.3 Å². The second kappa shape index (κ2) is 6.86. The average Bonchev–Trinajstić information content (AvgIpc) is 2.46. The van der Waals surface area contributed by atoms with E-state index in [1.165, 1.54) is 0 Å². The highest BCUT2D eigenvalue weighted by molar-refractivity contribution is 6.22. The molecule has 21 heavy (non-hydrogen) atoms. The van der Waals surface area contributed by atoms with Crippen molar-refractivity contribution in [3.63, 3.8) is 0 Å². The molecule has 1 unspecified atom stereocenters. The van der Waals surface area contributed by atoms with Gasteiger partial charge in [-0.15, -0.1) is 11.6 Å². The number of benzene rings is 2. The average molecular weight is 305 g/mol. The van der Waals surface area contributed by atoms with Crippen LogP contribution >= 0.6 is 11.6 Å². The summed E-state index contributed by atoms with van der Waals surface area (Å²) in [6.07, 6.45) is 0.166. The highest BCUT2D eigenvalue weighted by Gasteiger charge is 2.16. The van der Waals surface area contributed by atoms with Gasteiger partial charge in [-0.1, -0.05) is 29.8 Å². The van der Waals surface area contributed by atoms with Crippen molar-refractivity contribution in [2.75, 3.05) is 7.11 Å². The Hall–Kier alpha value is -1.67. The van der Waals surface area contributed by atoms with E-state index in [9.17, 15) is 0 Å². The largest absolute Gasteiger partial charge is 0.496 e. The molecule has 0 fully saturated rings. The van der Waals surface area contributed by atoms with Gasteiger partial charge < -0.3 is 9.47 Å². The molecule has 0 saturated heterocycles. The van der Waals surface area contributed by atoms with Crippen LogP contribution in [-0.4, -0.2) is 13.2 Å². The molecule has 0 aromatic heterocycles. The summed E-state index contributed by atoms with van der Waals surface area (Å²) in [5.41, 5.74) is 3.17. The lowest BCUT2D eigenvalue weighted by Gasteiger charge is -2.16. The number of alkyl halides is 1. The fourth-order valence-corrected chi connectivity index (χ4v) is 2.53. The predicted molar refractivity (Wildman–Crippen MR) is 87.6 cm³/mol. The molecule has 0 heterocycles. The number of halogens is 1. The van der Waals surface area contributed by atoms with Gasteiger partial charge in [-0.25, -0.2) is 0 Å².